The zero-order valence-electron chi connectivity index (χ0n) is 18.3. The lowest BCUT2D eigenvalue weighted by molar-refractivity contribution is -0.139. The normalized spacial score (nSPS) is 18.9. The molecule has 0 aliphatic heterocycles. The lowest BCUT2D eigenvalue weighted by Crippen LogP contribution is -2.45. The molecule has 3 N–H and O–H groups in total. The second kappa shape index (κ2) is 8.65. The Hall–Kier alpha value is -3.35. The van der Waals surface area contributed by atoms with Crippen molar-refractivity contribution in [3.05, 3.63) is 59.7 Å². The number of aliphatic carboxylic acids is 1. The summed E-state index contributed by atoms with van der Waals surface area (Å²) in [5.74, 6) is -1.45. The summed E-state index contributed by atoms with van der Waals surface area (Å²) >= 11 is 0. The van der Waals surface area contributed by atoms with Crippen LogP contribution in [-0.4, -0.2) is 42.8 Å². The van der Waals surface area contributed by atoms with Crippen molar-refractivity contribution in [1.29, 1.82) is 0 Å². The second-order valence-corrected chi connectivity index (χ2v) is 9.21. The van der Waals surface area contributed by atoms with Gasteiger partial charge in [-0.2, -0.15) is 0 Å². The topological polar surface area (TPSA) is 105 Å². The van der Waals surface area contributed by atoms with Gasteiger partial charge in [0.2, 0.25) is 5.91 Å². The molecule has 0 bridgehead atoms. The fraction of sp³-hybridized carbons (Fsp3) is 0.400. The van der Waals surface area contributed by atoms with Gasteiger partial charge in [-0.1, -0.05) is 48.5 Å². The van der Waals surface area contributed by atoms with E-state index in [0.717, 1.165) is 22.3 Å². The van der Waals surface area contributed by atoms with Gasteiger partial charge in [-0.25, -0.2) is 4.79 Å². The zero-order chi connectivity index (χ0) is 22.9. The summed E-state index contributed by atoms with van der Waals surface area (Å²) in [5, 5.41) is 14.4. The van der Waals surface area contributed by atoms with Gasteiger partial charge in [0.15, 0.2) is 0 Å². The fourth-order valence-electron chi connectivity index (χ4n) is 4.26. The number of ether oxygens (including phenoxy) is 1. The number of nitrogens with one attached hydrogen (secondary N) is 2. The smallest absolute Gasteiger partial charge is 0.407 e. The highest BCUT2D eigenvalue weighted by Crippen LogP contribution is 2.44. The van der Waals surface area contributed by atoms with E-state index in [4.69, 9.17) is 9.84 Å². The molecule has 7 heteroatoms. The van der Waals surface area contributed by atoms with E-state index in [9.17, 15) is 14.4 Å². The molecule has 0 unspecified atom stereocenters. The third-order valence-corrected chi connectivity index (χ3v) is 6.40. The van der Waals surface area contributed by atoms with Crippen LogP contribution in [0.1, 0.15) is 37.3 Å². The van der Waals surface area contributed by atoms with Crippen molar-refractivity contribution < 1.29 is 24.2 Å². The van der Waals surface area contributed by atoms with Crippen molar-refractivity contribution in [1.82, 2.24) is 10.6 Å². The molecule has 1 saturated carbocycles. The second-order valence-electron chi connectivity index (χ2n) is 9.21. The predicted molar refractivity (Wildman–Crippen MR) is 119 cm³/mol. The molecule has 7 nitrogen and oxygen atoms in total. The molecule has 1 fully saturated rings. The minimum Gasteiger partial charge on any atom is -0.481 e. The van der Waals surface area contributed by atoms with Crippen LogP contribution in [0.5, 0.6) is 0 Å². The third-order valence-electron chi connectivity index (χ3n) is 6.40. The van der Waals surface area contributed by atoms with Gasteiger partial charge in [-0.3, -0.25) is 9.59 Å². The number of hydrogen-bond acceptors (Lipinski definition) is 4. The zero-order valence-corrected chi connectivity index (χ0v) is 18.3. The molecule has 2 aliphatic carbocycles. The molecule has 168 valence electrons. The van der Waals surface area contributed by atoms with E-state index >= 15 is 0 Å². The summed E-state index contributed by atoms with van der Waals surface area (Å²) in [6.07, 6.45) is 0.0227. The van der Waals surface area contributed by atoms with E-state index in [-0.39, 0.29) is 36.8 Å². The largest absolute Gasteiger partial charge is 0.481 e. The lowest BCUT2D eigenvalue weighted by atomic mass is 9.92. The molecule has 2 atom stereocenters. The Morgan fingerprint density at radius 2 is 1.59 bits per heavy atom. The van der Waals surface area contributed by atoms with Gasteiger partial charge >= 0.3 is 12.1 Å². The summed E-state index contributed by atoms with van der Waals surface area (Å²) in [7, 11) is 0. The molecule has 0 aromatic heterocycles. The molecule has 0 heterocycles. The van der Waals surface area contributed by atoms with E-state index in [1.54, 1.807) is 13.8 Å². The molecule has 2 aliphatic rings. The van der Waals surface area contributed by atoms with Crippen LogP contribution < -0.4 is 10.6 Å². The molecule has 32 heavy (non-hydrogen) atoms. The van der Waals surface area contributed by atoms with Gasteiger partial charge < -0.3 is 20.5 Å². The number of amides is 2. The van der Waals surface area contributed by atoms with E-state index in [2.05, 4.69) is 34.9 Å². The van der Waals surface area contributed by atoms with Crippen LogP contribution in [0, 0.1) is 17.3 Å². The Kier molecular flexibility index (Phi) is 5.91. The van der Waals surface area contributed by atoms with E-state index in [1.165, 1.54) is 0 Å². The number of carboxylic acids is 1. The molecule has 2 amide bonds. The van der Waals surface area contributed by atoms with Crippen molar-refractivity contribution in [3.63, 3.8) is 0 Å². The number of hydrogen-bond donors (Lipinski definition) is 3. The van der Waals surface area contributed by atoms with E-state index in [1.807, 2.05) is 24.3 Å². The van der Waals surface area contributed by atoms with Crippen LogP contribution in [0.3, 0.4) is 0 Å². The van der Waals surface area contributed by atoms with Crippen molar-refractivity contribution in [2.75, 3.05) is 19.7 Å². The van der Waals surface area contributed by atoms with E-state index in [0.29, 0.717) is 13.0 Å². The van der Waals surface area contributed by atoms with Crippen LogP contribution in [0.15, 0.2) is 48.5 Å². The van der Waals surface area contributed by atoms with Crippen LogP contribution in [0.2, 0.25) is 0 Å². The molecule has 0 spiro atoms. The lowest BCUT2D eigenvalue weighted by Gasteiger charge is -2.24. The maximum absolute atomic E-state index is 12.5. The molecular formula is C25H28N2O5. The number of alkyl carbamates (subject to hydrolysis) is 1. The van der Waals surface area contributed by atoms with Crippen LogP contribution in [-0.2, 0) is 14.3 Å². The molecular weight excluding hydrogens is 408 g/mol. The van der Waals surface area contributed by atoms with Crippen LogP contribution >= 0.6 is 0 Å². The highest BCUT2D eigenvalue weighted by molar-refractivity contribution is 5.83. The average molecular weight is 437 g/mol. The molecule has 0 radical (unpaired) electrons. The van der Waals surface area contributed by atoms with Gasteiger partial charge in [-0.05, 0) is 48.4 Å². The van der Waals surface area contributed by atoms with Crippen LogP contribution in [0.4, 0.5) is 4.79 Å². The molecule has 2 aromatic carbocycles. The summed E-state index contributed by atoms with van der Waals surface area (Å²) in [5.41, 5.74) is 3.76. The number of rotatable bonds is 8. The number of carboxylic acid groups (broad SMARTS) is 1. The Morgan fingerprint density at radius 1 is 1.00 bits per heavy atom. The SMILES string of the molecule is CC(C)(CNC(=O)OCC1c2ccccc2-c2ccccc21)C(=O)NC[C@@H]1C[C@@H]1C(=O)O. The first-order chi connectivity index (χ1) is 15.3. The first-order valence-electron chi connectivity index (χ1n) is 10.9. The maximum Gasteiger partial charge on any atom is 0.407 e. The number of fused-ring (bicyclic) bond motifs is 3. The predicted octanol–water partition coefficient (Wildman–Crippen LogP) is 3.39. The monoisotopic (exact) mass is 436 g/mol. The summed E-state index contributed by atoms with van der Waals surface area (Å²) in [6, 6.07) is 16.3. The molecule has 2 aromatic rings. The summed E-state index contributed by atoms with van der Waals surface area (Å²) < 4.78 is 5.52. The number of carbonyl (C=O) groups excluding carboxylic acids is 2. The van der Waals surface area contributed by atoms with Gasteiger partial charge in [-0.15, -0.1) is 0 Å². The first kappa shape index (κ1) is 21.9. The van der Waals surface area contributed by atoms with Gasteiger partial charge in [0, 0.05) is 19.0 Å². The van der Waals surface area contributed by atoms with Gasteiger partial charge in [0.05, 0.1) is 11.3 Å². The average Bonchev–Trinajstić information content (AvgIpc) is 3.50. The third kappa shape index (κ3) is 4.47. The number of benzene rings is 2. The Labute approximate surface area is 187 Å². The Morgan fingerprint density at radius 3 is 2.16 bits per heavy atom. The Bertz CT molecular complexity index is 1000. The standard InChI is InChI=1S/C25H28N2O5/c1-25(2,23(30)26-12-15-11-20(15)22(28)29)14-27-24(31)32-13-21-18-9-5-3-7-16(18)17-8-4-6-10-19(17)21/h3-10,15,20-21H,11-14H2,1-2H3,(H,26,30)(H,27,31)(H,28,29)/t15-,20-/m0/s1. The first-order valence-corrected chi connectivity index (χ1v) is 10.9. The number of carbonyl (C=O) groups is 3. The fourth-order valence-corrected chi connectivity index (χ4v) is 4.26. The summed E-state index contributed by atoms with van der Waals surface area (Å²) in [4.78, 5) is 35.7. The van der Waals surface area contributed by atoms with Crippen molar-refractivity contribution in [2.24, 2.45) is 17.3 Å². The maximum atomic E-state index is 12.5. The van der Waals surface area contributed by atoms with Gasteiger partial charge in [0.25, 0.3) is 0 Å². The quantitative estimate of drug-likeness (QED) is 0.588. The highest BCUT2D eigenvalue weighted by Gasteiger charge is 2.43. The van der Waals surface area contributed by atoms with Crippen molar-refractivity contribution in [3.8, 4) is 11.1 Å². The highest BCUT2D eigenvalue weighted by atomic mass is 16.5. The van der Waals surface area contributed by atoms with E-state index < -0.39 is 17.5 Å². The van der Waals surface area contributed by atoms with Crippen LogP contribution in [0.25, 0.3) is 11.1 Å². The van der Waals surface area contributed by atoms with Crippen molar-refractivity contribution >= 4 is 18.0 Å². The Balaban J connectivity index is 1.27. The molecule has 4 rings (SSSR count). The molecule has 0 saturated heterocycles. The van der Waals surface area contributed by atoms with Crippen molar-refractivity contribution in [2.45, 2.75) is 26.2 Å². The minimum atomic E-state index is -0.848. The minimum absolute atomic E-state index is 0.0117. The van der Waals surface area contributed by atoms with Gasteiger partial charge in [0.1, 0.15) is 6.61 Å². The summed E-state index contributed by atoms with van der Waals surface area (Å²) in [6.45, 7) is 4.12.